The molecule has 1 aromatic carbocycles. The van der Waals surface area contributed by atoms with E-state index in [1.807, 2.05) is 0 Å². The highest BCUT2D eigenvalue weighted by molar-refractivity contribution is 5.56. The lowest BCUT2D eigenvalue weighted by Gasteiger charge is -1.98. The van der Waals surface area contributed by atoms with Crippen LogP contribution in [0.2, 0.25) is 0 Å². The van der Waals surface area contributed by atoms with Crippen molar-refractivity contribution in [1.82, 2.24) is 0 Å². The van der Waals surface area contributed by atoms with Crippen LogP contribution in [-0.4, -0.2) is 6.54 Å². The monoisotopic (exact) mass is 135 g/mol. The maximum absolute atomic E-state index is 3.34. The molecular weight excluding hydrogens is 122 g/mol. The lowest BCUT2D eigenvalue weighted by molar-refractivity contribution is 1.11. The third-order valence-electron chi connectivity index (χ3n) is 1.98. The molecule has 1 aliphatic rings. The number of fused-ring (bicyclic) bond motifs is 1. The van der Waals surface area contributed by atoms with Gasteiger partial charge < -0.3 is 5.32 Å². The first kappa shape index (κ1) is 5.78. The van der Waals surface area contributed by atoms with Crippen LogP contribution in [0, 0.1) is 6.92 Å². The average Bonchev–Trinajstić information content (AvgIpc) is 2.33. The molecule has 0 saturated carbocycles. The molecule has 0 radical (unpaired) electrons. The van der Waals surface area contributed by atoms with Crippen LogP contribution in [0.15, 0.2) is 18.2 Å². The summed E-state index contributed by atoms with van der Waals surface area (Å²) >= 11 is 0. The molecule has 0 aliphatic carbocycles. The molecule has 1 aromatic rings. The zero-order valence-electron chi connectivity index (χ0n) is 6.15. The van der Waals surface area contributed by atoms with E-state index < -0.39 is 0 Å². The molecule has 0 spiro atoms. The summed E-state index contributed by atoms with van der Waals surface area (Å²) in [5.74, 6) is 0. The van der Waals surface area contributed by atoms with Gasteiger partial charge in [0.15, 0.2) is 0 Å². The number of hydrogen-bond acceptors (Lipinski definition) is 1. The Bertz CT molecular complexity index is 258. The van der Waals surface area contributed by atoms with Crippen LogP contribution in [0.1, 0.15) is 12.6 Å². The molecule has 1 N–H and O–H groups in total. The zero-order chi connectivity index (χ0) is 6.97. The number of rotatable bonds is 0. The van der Waals surface area contributed by atoms with Crippen molar-refractivity contribution in [2.24, 2.45) is 0 Å². The van der Waals surface area contributed by atoms with Gasteiger partial charge in [-0.1, -0.05) is 12.1 Å². The minimum Gasteiger partial charge on any atom is -0.384 e. The van der Waals surface area contributed by atoms with E-state index in [9.17, 15) is 0 Å². The highest BCUT2D eigenvalue weighted by Crippen LogP contribution is 2.22. The van der Waals surface area contributed by atoms with E-state index in [-0.39, 0.29) is 1.43 Å². The molecule has 0 saturated heterocycles. The topological polar surface area (TPSA) is 12.0 Å². The lowest BCUT2D eigenvalue weighted by atomic mass is 10.1. The van der Waals surface area contributed by atoms with Crippen molar-refractivity contribution in [3.63, 3.8) is 0 Å². The number of nitrogens with one attached hydrogen (secondary N) is 1. The van der Waals surface area contributed by atoms with Crippen molar-refractivity contribution in [1.29, 1.82) is 0 Å². The summed E-state index contributed by atoms with van der Waals surface area (Å²) in [7, 11) is 0. The molecule has 1 nitrogen and oxygen atoms in total. The predicted molar refractivity (Wildman–Crippen MR) is 45.5 cm³/mol. The number of anilines is 1. The van der Waals surface area contributed by atoms with Crippen LogP contribution in [0.3, 0.4) is 0 Å². The summed E-state index contributed by atoms with van der Waals surface area (Å²) in [5, 5.41) is 3.34. The normalized spacial score (nSPS) is 14.5. The van der Waals surface area contributed by atoms with Gasteiger partial charge in [0.05, 0.1) is 0 Å². The van der Waals surface area contributed by atoms with E-state index in [1.54, 1.807) is 0 Å². The Morgan fingerprint density at radius 2 is 2.40 bits per heavy atom. The number of benzene rings is 1. The van der Waals surface area contributed by atoms with Gasteiger partial charge in [-0.3, -0.25) is 0 Å². The van der Waals surface area contributed by atoms with Gasteiger partial charge in [-0.15, -0.1) is 0 Å². The van der Waals surface area contributed by atoms with Gasteiger partial charge in [-0.05, 0) is 30.5 Å². The quantitative estimate of drug-likeness (QED) is 0.575. The molecule has 1 aliphatic heterocycles. The van der Waals surface area contributed by atoms with Crippen molar-refractivity contribution in [3.8, 4) is 0 Å². The van der Waals surface area contributed by atoms with E-state index in [1.165, 1.54) is 23.2 Å². The standard InChI is InChI=1S/C9H11N.H2/c1-7-2-3-8-4-5-10-9(8)6-7;/h2-3,6,10H,4-5H2,1H3;1H. The van der Waals surface area contributed by atoms with E-state index in [2.05, 4.69) is 30.4 Å². The van der Waals surface area contributed by atoms with Crippen molar-refractivity contribution >= 4 is 5.69 Å². The summed E-state index contributed by atoms with van der Waals surface area (Å²) < 4.78 is 0. The van der Waals surface area contributed by atoms with Gasteiger partial charge in [0.25, 0.3) is 0 Å². The molecule has 54 valence electrons. The highest BCUT2D eigenvalue weighted by Gasteiger charge is 2.07. The SMILES string of the molecule is Cc1ccc2c(c1)NCC2.[HH]. The Hall–Kier alpha value is -0.980. The summed E-state index contributed by atoms with van der Waals surface area (Å²) in [5.41, 5.74) is 4.14. The van der Waals surface area contributed by atoms with E-state index >= 15 is 0 Å². The molecular formula is C9H13N. The molecule has 2 rings (SSSR count). The van der Waals surface area contributed by atoms with Crippen LogP contribution in [0.4, 0.5) is 5.69 Å². The fourth-order valence-corrected chi connectivity index (χ4v) is 1.40. The summed E-state index contributed by atoms with van der Waals surface area (Å²) in [6, 6.07) is 6.60. The Labute approximate surface area is 62.6 Å². The second kappa shape index (κ2) is 2.01. The van der Waals surface area contributed by atoms with E-state index in [0.29, 0.717) is 0 Å². The van der Waals surface area contributed by atoms with Crippen LogP contribution in [0.5, 0.6) is 0 Å². The molecule has 0 fully saturated rings. The molecule has 1 heteroatoms. The molecule has 1 heterocycles. The van der Waals surface area contributed by atoms with Gasteiger partial charge in [0.2, 0.25) is 0 Å². The van der Waals surface area contributed by atoms with Gasteiger partial charge in [-0.25, -0.2) is 0 Å². The smallest absolute Gasteiger partial charge is 0.0376 e. The summed E-state index contributed by atoms with van der Waals surface area (Å²) in [4.78, 5) is 0. The Balaban J connectivity index is 0.000000605. The first-order chi connectivity index (χ1) is 4.86. The molecule has 0 bridgehead atoms. The van der Waals surface area contributed by atoms with E-state index in [4.69, 9.17) is 0 Å². The van der Waals surface area contributed by atoms with Gasteiger partial charge in [0.1, 0.15) is 0 Å². The highest BCUT2D eigenvalue weighted by atomic mass is 14.9. The van der Waals surface area contributed by atoms with E-state index in [0.717, 1.165) is 6.54 Å². The first-order valence-electron chi connectivity index (χ1n) is 3.70. The Morgan fingerprint density at radius 1 is 1.50 bits per heavy atom. The lowest BCUT2D eigenvalue weighted by Crippen LogP contribution is -1.90. The maximum atomic E-state index is 3.34. The number of hydrogen-bond donors (Lipinski definition) is 1. The van der Waals surface area contributed by atoms with Gasteiger partial charge >= 0.3 is 0 Å². The molecule has 0 unspecified atom stereocenters. The second-order valence-corrected chi connectivity index (χ2v) is 2.84. The second-order valence-electron chi connectivity index (χ2n) is 2.84. The zero-order valence-corrected chi connectivity index (χ0v) is 6.15. The van der Waals surface area contributed by atoms with Crippen molar-refractivity contribution < 1.29 is 1.43 Å². The van der Waals surface area contributed by atoms with Crippen LogP contribution >= 0.6 is 0 Å². The van der Waals surface area contributed by atoms with Crippen molar-refractivity contribution in [2.45, 2.75) is 13.3 Å². The molecule has 0 atom stereocenters. The largest absolute Gasteiger partial charge is 0.384 e. The summed E-state index contributed by atoms with van der Waals surface area (Å²) in [6.45, 7) is 3.24. The maximum Gasteiger partial charge on any atom is 0.0376 e. The molecule has 10 heavy (non-hydrogen) atoms. The van der Waals surface area contributed by atoms with Gasteiger partial charge in [-0.2, -0.15) is 0 Å². The van der Waals surface area contributed by atoms with Gasteiger partial charge in [0, 0.05) is 13.7 Å². The average molecular weight is 135 g/mol. The minimum atomic E-state index is 0. The minimum absolute atomic E-state index is 0. The fourth-order valence-electron chi connectivity index (χ4n) is 1.40. The first-order valence-corrected chi connectivity index (χ1v) is 3.70. The third-order valence-corrected chi connectivity index (χ3v) is 1.98. The summed E-state index contributed by atoms with van der Waals surface area (Å²) in [6.07, 6.45) is 1.19. The van der Waals surface area contributed by atoms with Crippen LogP contribution in [-0.2, 0) is 6.42 Å². The Kier molecular flexibility index (Phi) is 1.16. The van der Waals surface area contributed by atoms with Crippen molar-refractivity contribution in [3.05, 3.63) is 29.3 Å². The molecule has 0 aromatic heterocycles. The van der Waals surface area contributed by atoms with Crippen LogP contribution in [0.25, 0.3) is 0 Å². The Morgan fingerprint density at radius 3 is 3.30 bits per heavy atom. The predicted octanol–water partition coefficient (Wildman–Crippen LogP) is 2.21. The molecule has 0 amide bonds. The fraction of sp³-hybridized carbons (Fsp3) is 0.333. The number of aryl methyl sites for hydroxylation is 1. The third kappa shape index (κ3) is 0.783. The van der Waals surface area contributed by atoms with Crippen molar-refractivity contribution in [2.75, 3.05) is 11.9 Å². The van der Waals surface area contributed by atoms with Crippen LogP contribution < -0.4 is 5.32 Å².